The molecular weight excluding hydrogens is 642 g/mol. The molecule has 15 nitrogen and oxygen atoms in total. The molecule has 0 spiro atoms. The van der Waals surface area contributed by atoms with E-state index in [2.05, 4.69) is 25.8 Å². The van der Waals surface area contributed by atoms with E-state index in [1.807, 2.05) is 20.8 Å². The van der Waals surface area contributed by atoms with Crippen LogP contribution in [0.1, 0.15) is 102 Å². The minimum Gasteiger partial charge on any atom is -0.477 e. The van der Waals surface area contributed by atoms with Crippen molar-refractivity contribution in [3.05, 3.63) is 58.2 Å². The molecule has 3 heterocycles. The van der Waals surface area contributed by atoms with Crippen LogP contribution < -0.4 is 10.6 Å². The van der Waals surface area contributed by atoms with Crippen LogP contribution in [0.5, 0.6) is 0 Å². The highest BCUT2D eigenvalue weighted by Crippen LogP contribution is 2.22. The van der Waals surface area contributed by atoms with Crippen LogP contribution >= 0.6 is 0 Å². The molecule has 3 N–H and O–H groups in total. The second kappa shape index (κ2) is 16.0. The highest BCUT2D eigenvalue weighted by atomic mass is 16.6. The third-order valence-corrected chi connectivity index (χ3v) is 8.22. The Morgan fingerprint density at radius 3 is 2.42 bits per heavy atom. The fourth-order valence-corrected chi connectivity index (χ4v) is 5.78. The zero-order chi connectivity index (χ0) is 36.7. The molecular formula is C35H49N9O6. The first-order chi connectivity index (χ1) is 23.6. The van der Waals surface area contributed by atoms with E-state index in [1.54, 1.807) is 73.3 Å². The zero-order valence-electron chi connectivity index (χ0n) is 30.3. The number of alkyl carbamates (subject to hydrolysis) is 1. The van der Waals surface area contributed by atoms with E-state index in [4.69, 9.17) is 4.74 Å². The lowest BCUT2D eigenvalue weighted by Crippen LogP contribution is -2.35. The molecule has 0 saturated heterocycles. The van der Waals surface area contributed by atoms with Gasteiger partial charge in [0.2, 0.25) is 5.95 Å². The topological polar surface area (TPSA) is 178 Å². The number of aromatic nitrogens is 6. The largest absolute Gasteiger partial charge is 0.477 e. The number of fused-ring (bicyclic) bond motifs is 1. The summed E-state index contributed by atoms with van der Waals surface area (Å²) in [7, 11) is 3.49. The van der Waals surface area contributed by atoms with Crippen molar-refractivity contribution in [1.29, 1.82) is 0 Å². The summed E-state index contributed by atoms with van der Waals surface area (Å²) < 4.78 is 10.2. The van der Waals surface area contributed by atoms with E-state index in [-0.39, 0.29) is 17.5 Å². The second-order valence-corrected chi connectivity index (χ2v) is 13.4. The minimum absolute atomic E-state index is 0.187. The van der Waals surface area contributed by atoms with Gasteiger partial charge in [-0.1, -0.05) is 6.42 Å². The lowest BCUT2D eigenvalue weighted by molar-refractivity contribution is 0.0525. The van der Waals surface area contributed by atoms with E-state index < -0.39 is 17.7 Å². The Balaban J connectivity index is 1.33. The van der Waals surface area contributed by atoms with Gasteiger partial charge in [-0.3, -0.25) is 24.3 Å². The lowest BCUT2D eigenvalue weighted by atomic mass is 10.0. The lowest BCUT2D eigenvalue weighted by Gasteiger charge is -2.20. The number of amides is 3. The van der Waals surface area contributed by atoms with Crippen LogP contribution in [0.3, 0.4) is 0 Å². The maximum Gasteiger partial charge on any atom is 0.407 e. The number of hydrogen-bond acceptors (Lipinski definition) is 8. The Hall–Kier alpha value is -5.21. The Labute approximate surface area is 292 Å². The molecule has 50 heavy (non-hydrogen) atoms. The second-order valence-electron chi connectivity index (χ2n) is 13.4. The third kappa shape index (κ3) is 9.27. The number of nitrogens with one attached hydrogen (secondary N) is 2. The summed E-state index contributed by atoms with van der Waals surface area (Å²) >= 11 is 0. The molecule has 0 aliphatic rings. The minimum atomic E-state index is -0.967. The number of aromatic carboxylic acids is 1. The maximum atomic E-state index is 13.4. The summed E-state index contributed by atoms with van der Waals surface area (Å²) in [6.07, 6.45) is 3.03. The number of carboxylic acid groups (broad SMARTS) is 1. The molecule has 0 aliphatic heterocycles. The summed E-state index contributed by atoms with van der Waals surface area (Å²) in [6, 6.07) is 6.96. The molecule has 270 valence electrons. The molecule has 4 aromatic rings. The number of carbonyl (C=O) groups is 4. The van der Waals surface area contributed by atoms with E-state index in [1.165, 1.54) is 4.68 Å². The predicted molar refractivity (Wildman–Crippen MR) is 189 cm³/mol. The number of benzene rings is 1. The average Bonchev–Trinajstić information content (AvgIpc) is 3.69. The molecule has 0 saturated carbocycles. The highest BCUT2D eigenvalue weighted by Gasteiger charge is 2.22. The molecule has 0 fully saturated rings. The smallest absolute Gasteiger partial charge is 0.407 e. The van der Waals surface area contributed by atoms with E-state index in [9.17, 15) is 24.3 Å². The summed E-state index contributed by atoms with van der Waals surface area (Å²) in [5.41, 5.74) is 4.06. The number of aryl methyl sites for hydroxylation is 5. The molecule has 0 unspecified atom stereocenters. The monoisotopic (exact) mass is 691 g/mol. The van der Waals surface area contributed by atoms with Crippen molar-refractivity contribution in [1.82, 2.24) is 39.3 Å². The normalized spacial score (nSPS) is 11.5. The summed E-state index contributed by atoms with van der Waals surface area (Å²) in [4.78, 5) is 56.4. The number of carboxylic acids is 1. The highest BCUT2D eigenvalue weighted by molar-refractivity contribution is 6.03. The van der Waals surface area contributed by atoms with Crippen molar-refractivity contribution < 1.29 is 29.0 Å². The number of ether oxygens (including phenoxy) is 1. The molecule has 3 amide bonds. The fourth-order valence-electron chi connectivity index (χ4n) is 5.78. The summed E-state index contributed by atoms with van der Waals surface area (Å²) in [5, 5.41) is 24.2. The van der Waals surface area contributed by atoms with Crippen LogP contribution in [0.4, 0.5) is 10.7 Å². The van der Waals surface area contributed by atoms with Gasteiger partial charge in [0, 0.05) is 51.4 Å². The van der Waals surface area contributed by atoms with Crippen LogP contribution in [0.25, 0.3) is 11.0 Å². The Morgan fingerprint density at radius 2 is 1.74 bits per heavy atom. The summed E-state index contributed by atoms with van der Waals surface area (Å²) in [6.45, 7) is 12.8. The van der Waals surface area contributed by atoms with Crippen LogP contribution in [-0.2, 0) is 31.3 Å². The molecule has 4 rings (SSSR count). The van der Waals surface area contributed by atoms with Crippen molar-refractivity contribution in [2.45, 2.75) is 92.3 Å². The number of unbranched alkanes of at least 4 members (excludes halogenated alkanes) is 2. The molecule has 15 heteroatoms. The molecule has 0 aliphatic carbocycles. The summed E-state index contributed by atoms with van der Waals surface area (Å²) in [5.74, 6) is -1.17. The van der Waals surface area contributed by atoms with Crippen molar-refractivity contribution in [2.24, 2.45) is 7.05 Å². The quantitative estimate of drug-likeness (QED) is 0.145. The van der Waals surface area contributed by atoms with Crippen LogP contribution in [0.15, 0.2) is 24.3 Å². The van der Waals surface area contributed by atoms with Gasteiger partial charge in [-0.15, -0.1) is 0 Å². The predicted octanol–water partition coefficient (Wildman–Crippen LogP) is 4.95. The van der Waals surface area contributed by atoms with Gasteiger partial charge in [0.25, 0.3) is 11.8 Å². The number of rotatable bonds is 15. The van der Waals surface area contributed by atoms with Crippen LogP contribution in [0, 0.1) is 13.8 Å². The number of anilines is 1. The zero-order valence-corrected chi connectivity index (χ0v) is 30.3. The standard InChI is InChI=1S/C35H49N9O6/c1-9-43-29(32(47)48)25(23(3)40-43)14-11-10-12-19-44-28(20-22(2)39-44)30(45)38-33-37-26-21-24(15-16-27(26)42(33)8)31(46)41(7)18-13-17-36-34(49)50-35(4,5)6/h15-16,20-21H,9-14,17-19H2,1-8H3,(H,36,49)(H,47,48)(H,37,38,45). The average molecular weight is 692 g/mol. The van der Waals surface area contributed by atoms with Crippen molar-refractivity contribution in [3.63, 3.8) is 0 Å². The van der Waals surface area contributed by atoms with E-state index in [0.717, 1.165) is 36.0 Å². The first-order valence-corrected chi connectivity index (χ1v) is 16.9. The number of imidazole rings is 1. The number of hydrogen-bond donors (Lipinski definition) is 3. The third-order valence-electron chi connectivity index (χ3n) is 8.22. The van der Waals surface area contributed by atoms with Crippen LogP contribution in [-0.4, -0.2) is 88.7 Å². The Bertz CT molecular complexity index is 1860. The van der Waals surface area contributed by atoms with Gasteiger partial charge >= 0.3 is 12.1 Å². The van der Waals surface area contributed by atoms with Crippen molar-refractivity contribution >= 4 is 40.9 Å². The van der Waals surface area contributed by atoms with Gasteiger partial charge in [0.15, 0.2) is 0 Å². The number of nitrogens with zero attached hydrogens (tertiary/aromatic N) is 7. The van der Waals surface area contributed by atoms with Crippen molar-refractivity contribution in [2.75, 3.05) is 25.5 Å². The molecule has 1 aromatic carbocycles. The maximum absolute atomic E-state index is 13.4. The molecule has 0 radical (unpaired) electrons. The Morgan fingerprint density at radius 1 is 1.00 bits per heavy atom. The first-order valence-electron chi connectivity index (χ1n) is 16.9. The van der Waals surface area contributed by atoms with Gasteiger partial charge in [-0.05, 0) is 91.5 Å². The van der Waals surface area contributed by atoms with Gasteiger partial charge in [-0.2, -0.15) is 10.2 Å². The molecule has 3 aromatic heterocycles. The SMILES string of the molecule is CCn1nc(C)c(CCCCCn2nc(C)cc2C(=O)Nc2nc3cc(C(=O)N(C)CCCNC(=O)OC(C)(C)C)ccc3n2C)c1C(=O)O. The Kier molecular flexibility index (Phi) is 12.0. The van der Waals surface area contributed by atoms with E-state index in [0.29, 0.717) is 67.4 Å². The van der Waals surface area contributed by atoms with Gasteiger partial charge in [0.05, 0.1) is 22.4 Å². The van der Waals surface area contributed by atoms with Crippen LogP contribution in [0.2, 0.25) is 0 Å². The van der Waals surface area contributed by atoms with Gasteiger partial charge < -0.3 is 24.6 Å². The van der Waals surface area contributed by atoms with Gasteiger partial charge in [-0.25, -0.2) is 14.6 Å². The number of carbonyl (C=O) groups excluding carboxylic acids is 3. The van der Waals surface area contributed by atoms with Gasteiger partial charge in [0.1, 0.15) is 17.0 Å². The molecule has 0 atom stereocenters. The van der Waals surface area contributed by atoms with Crippen molar-refractivity contribution in [3.8, 4) is 0 Å². The fraction of sp³-hybridized carbons (Fsp3) is 0.514. The first kappa shape index (κ1) is 37.6. The van der Waals surface area contributed by atoms with E-state index >= 15 is 0 Å². The molecule has 0 bridgehead atoms.